The number of fused-ring (bicyclic) bond motifs is 1. The molecule has 3 rings (SSSR count). The van der Waals surface area contributed by atoms with E-state index < -0.39 is 0 Å². The van der Waals surface area contributed by atoms with Crippen LogP contribution >= 0.6 is 12.2 Å². The van der Waals surface area contributed by atoms with Crippen molar-refractivity contribution in [3.63, 3.8) is 0 Å². The van der Waals surface area contributed by atoms with E-state index in [0.29, 0.717) is 16.0 Å². The molecule has 0 aliphatic rings. The summed E-state index contributed by atoms with van der Waals surface area (Å²) in [6.45, 7) is 0.190. The molecule has 6 nitrogen and oxygen atoms in total. The molecule has 0 amide bonds. The van der Waals surface area contributed by atoms with E-state index in [4.69, 9.17) is 12.2 Å². The number of benzene rings is 1. The molecule has 0 aliphatic carbocycles. The number of nitrogens with one attached hydrogen (secondary N) is 1. The van der Waals surface area contributed by atoms with Gasteiger partial charge in [-0.1, -0.05) is 17.3 Å². The fourth-order valence-electron chi connectivity index (χ4n) is 1.75. The van der Waals surface area contributed by atoms with Gasteiger partial charge in [-0.25, -0.2) is 0 Å². The van der Waals surface area contributed by atoms with Crippen molar-refractivity contribution < 1.29 is 4.52 Å². The van der Waals surface area contributed by atoms with Crippen LogP contribution in [0.5, 0.6) is 0 Å². The van der Waals surface area contributed by atoms with Crippen LogP contribution in [-0.4, -0.2) is 19.7 Å². The van der Waals surface area contributed by atoms with Crippen molar-refractivity contribution in [3.05, 3.63) is 51.6 Å². The fourth-order valence-corrected chi connectivity index (χ4v) is 2.00. The first-order valence-electron chi connectivity index (χ1n) is 5.23. The van der Waals surface area contributed by atoms with E-state index in [2.05, 4.69) is 19.6 Å². The van der Waals surface area contributed by atoms with Crippen LogP contribution in [0.1, 0.15) is 5.82 Å². The van der Waals surface area contributed by atoms with Gasteiger partial charge < -0.3 is 9.51 Å². The maximum absolute atomic E-state index is 12.3. The molecule has 0 unspecified atom stereocenters. The molecule has 2 aromatic heterocycles. The summed E-state index contributed by atoms with van der Waals surface area (Å²) in [6, 6.07) is 7.21. The first-order chi connectivity index (χ1) is 8.75. The lowest BCUT2D eigenvalue weighted by atomic mass is 10.2. The zero-order chi connectivity index (χ0) is 12.5. The van der Waals surface area contributed by atoms with Gasteiger partial charge in [0.25, 0.3) is 5.56 Å². The van der Waals surface area contributed by atoms with Crippen LogP contribution in [0, 0.1) is 4.77 Å². The first kappa shape index (κ1) is 10.8. The zero-order valence-electron chi connectivity index (χ0n) is 9.16. The lowest BCUT2D eigenvalue weighted by Gasteiger charge is -2.05. The molecule has 0 spiro atoms. The van der Waals surface area contributed by atoms with Gasteiger partial charge in [-0.3, -0.25) is 9.36 Å². The Labute approximate surface area is 106 Å². The number of aromatic nitrogens is 4. The molecule has 2 heterocycles. The number of hydrogen-bond donors (Lipinski definition) is 1. The second kappa shape index (κ2) is 4.19. The highest BCUT2D eigenvalue weighted by Crippen LogP contribution is 2.06. The molecule has 0 atom stereocenters. The predicted molar refractivity (Wildman–Crippen MR) is 66.8 cm³/mol. The Hall–Kier alpha value is -2.28. The van der Waals surface area contributed by atoms with E-state index in [9.17, 15) is 4.79 Å². The van der Waals surface area contributed by atoms with Gasteiger partial charge in [-0.15, -0.1) is 0 Å². The number of para-hydroxylation sites is 1. The Bertz CT molecular complexity index is 804. The molecule has 18 heavy (non-hydrogen) atoms. The predicted octanol–water partition coefficient (Wildman–Crippen LogP) is 1.49. The highest BCUT2D eigenvalue weighted by Gasteiger charge is 2.07. The molecule has 0 radical (unpaired) electrons. The van der Waals surface area contributed by atoms with E-state index in [1.807, 2.05) is 12.1 Å². The first-order valence-corrected chi connectivity index (χ1v) is 5.63. The molecule has 3 aromatic rings. The quantitative estimate of drug-likeness (QED) is 0.706. The lowest BCUT2D eigenvalue weighted by molar-refractivity contribution is 0.407. The molecular weight excluding hydrogens is 252 g/mol. The monoisotopic (exact) mass is 260 g/mol. The van der Waals surface area contributed by atoms with Crippen molar-refractivity contribution in [2.45, 2.75) is 6.54 Å². The standard InChI is InChI=1S/C11H8N4O2S/c16-10-7-3-1-2-4-8(7)13-11(18)15(10)5-9-12-6-17-14-9/h1-4,6H,5H2,(H,13,18). The normalized spacial score (nSPS) is 10.9. The van der Waals surface area contributed by atoms with Gasteiger partial charge in [-0.2, -0.15) is 4.98 Å². The van der Waals surface area contributed by atoms with Crippen LogP contribution in [0.3, 0.4) is 0 Å². The Balaban J connectivity index is 2.23. The van der Waals surface area contributed by atoms with Gasteiger partial charge in [0, 0.05) is 0 Å². The minimum atomic E-state index is -0.167. The van der Waals surface area contributed by atoms with Crippen LogP contribution in [0.25, 0.3) is 10.9 Å². The minimum Gasteiger partial charge on any atom is -0.343 e. The molecule has 0 fully saturated rings. The Kier molecular flexibility index (Phi) is 2.52. The van der Waals surface area contributed by atoms with E-state index in [1.165, 1.54) is 11.0 Å². The van der Waals surface area contributed by atoms with Crippen molar-refractivity contribution >= 4 is 23.1 Å². The summed E-state index contributed by atoms with van der Waals surface area (Å²) >= 11 is 5.16. The van der Waals surface area contributed by atoms with Crippen molar-refractivity contribution in [2.24, 2.45) is 0 Å². The van der Waals surface area contributed by atoms with Crippen molar-refractivity contribution in [1.29, 1.82) is 0 Å². The number of nitrogens with zero attached hydrogens (tertiary/aromatic N) is 3. The zero-order valence-corrected chi connectivity index (χ0v) is 9.98. The van der Waals surface area contributed by atoms with Crippen LogP contribution in [0.2, 0.25) is 0 Å². The summed E-state index contributed by atoms with van der Waals surface area (Å²) in [5, 5.41) is 4.25. The molecule has 7 heteroatoms. The van der Waals surface area contributed by atoms with Gasteiger partial charge in [0.1, 0.15) is 0 Å². The topological polar surface area (TPSA) is 76.7 Å². The van der Waals surface area contributed by atoms with Gasteiger partial charge in [-0.05, 0) is 24.4 Å². The third-order valence-electron chi connectivity index (χ3n) is 2.60. The number of hydrogen-bond acceptors (Lipinski definition) is 5. The summed E-state index contributed by atoms with van der Waals surface area (Å²) in [4.78, 5) is 19.1. The van der Waals surface area contributed by atoms with Crippen LogP contribution in [-0.2, 0) is 6.54 Å². The second-order valence-electron chi connectivity index (χ2n) is 3.71. The SMILES string of the molecule is O=c1c2ccccc2[nH]c(=S)n1Cc1ncon1. The van der Waals surface area contributed by atoms with E-state index >= 15 is 0 Å². The highest BCUT2D eigenvalue weighted by molar-refractivity contribution is 7.71. The Morgan fingerprint density at radius 2 is 2.22 bits per heavy atom. The van der Waals surface area contributed by atoms with Gasteiger partial charge in [0.2, 0.25) is 6.39 Å². The number of rotatable bonds is 2. The molecule has 1 aromatic carbocycles. The van der Waals surface area contributed by atoms with Gasteiger partial charge in [0.05, 0.1) is 17.4 Å². The average Bonchev–Trinajstić information content (AvgIpc) is 2.87. The molecule has 0 saturated carbocycles. The van der Waals surface area contributed by atoms with Crippen molar-refractivity contribution in [2.75, 3.05) is 0 Å². The van der Waals surface area contributed by atoms with E-state index in [1.54, 1.807) is 12.1 Å². The smallest absolute Gasteiger partial charge is 0.262 e. The Morgan fingerprint density at radius 1 is 1.39 bits per heavy atom. The summed E-state index contributed by atoms with van der Waals surface area (Å²) in [7, 11) is 0. The van der Waals surface area contributed by atoms with Crippen molar-refractivity contribution in [3.8, 4) is 0 Å². The van der Waals surface area contributed by atoms with Crippen LogP contribution in [0.4, 0.5) is 0 Å². The summed E-state index contributed by atoms with van der Waals surface area (Å²) in [5.41, 5.74) is 0.552. The molecular formula is C11H8N4O2S. The average molecular weight is 260 g/mol. The molecule has 0 bridgehead atoms. The third-order valence-corrected chi connectivity index (χ3v) is 2.92. The Morgan fingerprint density at radius 3 is 3.00 bits per heavy atom. The summed E-state index contributed by atoms with van der Waals surface area (Å²) in [6.07, 6.45) is 1.22. The van der Waals surface area contributed by atoms with Gasteiger partial charge >= 0.3 is 0 Å². The molecule has 0 saturated heterocycles. The van der Waals surface area contributed by atoms with Gasteiger partial charge in [0.15, 0.2) is 10.6 Å². The second-order valence-corrected chi connectivity index (χ2v) is 4.10. The number of aromatic amines is 1. The maximum atomic E-state index is 12.3. The van der Waals surface area contributed by atoms with Crippen molar-refractivity contribution in [1.82, 2.24) is 19.7 Å². The third kappa shape index (κ3) is 1.74. The largest absolute Gasteiger partial charge is 0.343 e. The molecule has 90 valence electrons. The van der Waals surface area contributed by atoms with E-state index in [-0.39, 0.29) is 12.1 Å². The highest BCUT2D eigenvalue weighted by atomic mass is 32.1. The lowest BCUT2D eigenvalue weighted by Crippen LogP contribution is -2.23. The molecule has 0 aliphatic heterocycles. The fraction of sp³-hybridized carbons (Fsp3) is 0.0909. The minimum absolute atomic E-state index is 0.167. The van der Waals surface area contributed by atoms with Crippen LogP contribution < -0.4 is 5.56 Å². The molecule has 1 N–H and O–H groups in total. The van der Waals surface area contributed by atoms with Crippen LogP contribution in [0.15, 0.2) is 40.0 Å². The number of H-pyrrole nitrogens is 1. The van der Waals surface area contributed by atoms with E-state index in [0.717, 1.165) is 5.52 Å². The maximum Gasteiger partial charge on any atom is 0.262 e. The summed E-state index contributed by atoms with van der Waals surface area (Å²) in [5.74, 6) is 0.409. The summed E-state index contributed by atoms with van der Waals surface area (Å²) < 4.78 is 6.38.